The number of nitrogens with one attached hydrogen (secondary N) is 1. The average Bonchev–Trinajstić information content (AvgIpc) is 3.21. The third-order valence-electron chi connectivity index (χ3n) is 8.44. The Morgan fingerprint density at radius 3 is 2.14 bits per heavy atom. The first-order valence-corrected chi connectivity index (χ1v) is 13.3. The summed E-state index contributed by atoms with van der Waals surface area (Å²) in [5, 5.41) is 7.89. The fraction of sp³-hybridized carbons (Fsp3) is 0.621. The number of amides is 2. The molecule has 0 aliphatic heterocycles. The molecule has 6 heteroatoms. The van der Waals surface area contributed by atoms with Gasteiger partial charge in [0, 0.05) is 17.5 Å². The predicted octanol–water partition coefficient (Wildman–Crippen LogP) is 5.56. The van der Waals surface area contributed by atoms with Crippen LogP contribution in [0.1, 0.15) is 78.8 Å². The summed E-state index contributed by atoms with van der Waals surface area (Å²) < 4.78 is 1.79. The SMILES string of the molecule is CC(C)N(CC(=O)Nc1cc(C(C)(C)C)nn1-c1ccccc1)C(=O)C12CC3CC(CC(C3)C1)C2. The minimum absolute atomic E-state index is 0.0228. The fourth-order valence-electron chi connectivity index (χ4n) is 7.11. The molecule has 1 N–H and O–H groups in total. The lowest BCUT2D eigenvalue weighted by Gasteiger charge is -2.56. The maximum Gasteiger partial charge on any atom is 0.245 e. The van der Waals surface area contributed by atoms with Crippen molar-refractivity contribution in [1.29, 1.82) is 0 Å². The van der Waals surface area contributed by atoms with Gasteiger partial charge in [-0.3, -0.25) is 9.59 Å². The van der Waals surface area contributed by atoms with E-state index in [-0.39, 0.29) is 35.2 Å². The van der Waals surface area contributed by atoms with Gasteiger partial charge in [0.15, 0.2) is 0 Å². The normalized spacial score (nSPS) is 27.3. The number of hydrogen-bond donors (Lipinski definition) is 1. The van der Waals surface area contributed by atoms with Crippen LogP contribution >= 0.6 is 0 Å². The second-order valence-electron chi connectivity index (χ2n) is 12.7. The van der Waals surface area contributed by atoms with Crippen LogP contribution in [0.2, 0.25) is 0 Å². The number of para-hydroxylation sites is 1. The highest BCUT2D eigenvalue weighted by atomic mass is 16.2. The smallest absolute Gasteiger partial charge is 0.245 e. The quantitative estimate of drug-likeness (QED) is 0.593. The summed E-state index contributed by atoms with van der Waals surface area (Å²) >= 11 is 0. The number of aromatic nitrogens is 2. The molecule has 0 spiro atoms. The molecular weight excluding hydrogens is 436 g/mol. The molecule has 4 bridgehead atoms. The first-order chi connectivity index (χ1) is 16.5. The summed E-state index contributed by atoms with van der Waals surface area (Å²) in [6.07, 6.45) is 6.94. The maximum absolute atomic E-state index is 14.0. The Morgan fingerprint density at radius 2 is 1.63 bits per heavy atom. The van der Waals surface area contributed by atoms with Gasteiger partial charge in [-0.05, 0) is 82.3 Å². The second-order valence-corrected chi connectivity index (χ2v) is 12.7. The fourth-order valence-corrected chi connectivity index (χ4v) is 7.11. The lowest BCUT2D eigenvalue weighted by molar-refractivity contribution is -0.160. The van der Waals surface area contributed by atoms with Crippen LogP contribution in [-0.2, 0) is 15.0 Å². The summed E-state index contributed by atoms with van der Waals surface area (Å²) in [6.45, 7) is 10.5. The molecule has 2 amide bonds. The van der Waals surface area contributed by atoms with Crippen molar-refractivity contribution in [2.45, 2.75) is 84.6 Å². The molecule has 0 radical (unpaired) electrons. The van der Waals surface area contributed by atoms with Gasteiger partial charge >= 0.3 is 0 Å². The van der Waals surface area contributed by atoms with Crippen LogP contribution in [0.4, 0.5) is 5.82 Å². The Kier molecular flexibility index (Phi) is 6.05. The molecule has 188 valence electrons. The van der Waals surface area contributed by atoms with E-state index in [4.69, 9.17) is 5.10 Å². The van der Waals surface area contributed by atoms with Crippen molar-refractivity contribution in [3.05, 3.63) is 42.1 Å². The van der Waals surface area contributed by atoms with E-state index in [0.717, 1.165) is 30.6 Å². The number of hydrogen-bond acceptors (Lipinski definition) is 3. The van der Waals surface area contributed by atoms with E-state index in [1.807, 2.05) is 55.1 Å². The van der Waals surface area contributed by atoms with E-state index in [2.05, 4.69) is 26.1 Å². The van der Waals surface area contributed by atoms with E-state index in [1.165, 1.54) is 19.3 Å². The van der Waals surface area contributed by atoms with Crippen LogP contribution in [-0.4, -0.2) is 39.1 Å². The highest BCUT2D eigenvalue weighted by Gasteiger charge is 2.55. The lowest BCUT2D eigenvalue weighted by Crippen LogP contribution is -2.57. The molecule has 0 atom stereocenters. The van der Waals surface area contributed by atoms with Gasteiger partial charge < -0.3 is 10.2 Å². The van der Waals surface area contributed by atoms with Crippen LogP contribution in [0.5, 0.6) is 0 Å². The number of anilines is 1. The van der Waals surface area contributed by atoms with E-state index < -0.39 is 0 Å². The summed E-state index contributed by atoms with van der Waals surface area (Å²) in [6, 6.07) is 11.8. The van der Waals surface area contributed by atoms with Gasteiger partial charge in [-0.15, -0.1) is 0 Å². The predicted molar refractivity (Wildman–Crippen MR) is 138 cm³/mol. The van der Waals surface area contributed by atoms with Crippen molar-refractivity contribution in [3.8, 4) is 5.69 Å². The van der Waals surface area contributed by atoms with Gasteiger partial charge in [-0.1, -0.05) is 39.0 Å². The topological polar surface area (TPSA) is 67.2 Å². The second kappa shape index (κ2) is 8.79. The number of carbonyl (C=O) groups is 2. The Balaban J connectivity index is 1.36. The van der Waals surface area contributed by atoms with Crippen molar-refractivity contribution in [3.63, 3.8) is 0 Å². The minimum atomic E-state index is -0.246. The van der Waals surface area contributed by atoms with E-state index in [0.29, 0.717) is 23.6 Å². The van der Waals surface area contributed by atoms with Gasteiger partial charge in [0.25, 0.3) is 0 Å². The molecule has 2 aromatic rings. The molecule has 4 saturated carbocycles. The van der Waals surface area contributed by atoms with Crippen molar-refractivity contribution < 1.29 is 9.59 Å². The van der Waals surface area contributed by atoms with Crippen molar-refractivity contribution in [2.75, 3.05) is 11.9 Å². The molecule has 4 aliphatic rings. The molecule has 1 heterocycles. The zero-order valence-corrected chi connectivity index (χ0v) is 21.9. The molecule has 1 aromatic heterocycles. The maximum atomic E-state index is 14.0. The Morgan fingerprint density at radius 1 is 1.06 bits per heavy atom. The van der Waals surface area contributed by atoms with Crippen molar-refractivity contribution in [2.24, 2.45) is 23.2 Å². The number of carbonyl (C=O) groups excluding carboxylic acids is 2. The highest BCUT2D eigenvalue weighted by molar-refractivity contribution is 5.95. The van der Waals surface area contributed by atoms with E-state index in [1.54, 1.807) is 4.68 Å². The molecule has 35 heavy (non-hydrogen) atoms. The molecule has 0 unspecified atom stereocenters. The van der Waals surface area contributed by atoms with Crippen LogP contribution in [0.25, 0.3) is 5.69 Å². The first kappa shape index (κ1) is 24.1. The van der Waals surface area contributed by atoms with Gasteiger partial charge in [-0.2, -0.15) is 5.10 Å². The minimum Gasteiger partial charge on any atom is -0.330 e. The van der Waals surface area contributed by atoms with Crippen molar-refractivity contribution in [1.82, 2.24) is 14.7 Å². The van der Waals surface area contributed by atoms with Gasteiger partial charge in [-0.25, -0.2) is 4.68 Å². The summed E-state index contributed by atoms with van der Waals surface area (Å²) in [4.78, 5) is 29.2. The summed E-state index contributed by atoms with van der Waals surface area (Å²) in [5.41, 5.74) is 1.40. The lowest BCUT2D eigenvalue weighted by atomic mass is 9.49. The third kappa shape index (κ3) is 4.64. The number of rotatable bonds is 6. The van der Waals surface area contributed by atoms with E-state index in [9.17, 15) is 9.59 Å². The molecule has 4 fully saturated rings. The largest absolute Gasteiger partial charge is 0.330 e. The van der Waals surface area contributed by atoms with Crippen LogP contribution < -0.4 is 5.32 Å². The van der Waals surface area contributed by atoms with Crippen molar-refractivity contribution >= 4 is 17.6 Å². The average molecular weight is 477 g/mol. The Bertz CT molecular complexity index is 1060. The summed E-state index contributed by atoms with van der Waals surface area (Å²) in [7, 11) is 0. The third-order valence-corrected chi connectivity index (χ3v) is 8.44. The molecular formula is C29H40N4O2. The van der Waals surface area contributed by atoms with Gasteiger partial charge in [0.05, 0.1) is 16.8 Å². The van der Waals surface area contributed by atoms with E-state index >= 15 is 0 Å². The first-order valence-electron chi connectivity index (χ1n) is 13.3. The summed E-state index contributed by atoms with van der Waals surface area (Å²) in [5.74, 6) is 2.76. The highest BCUT2D eigenvalue weighted by Crippen LogP contribution is 2.60. The van der Waals surface area contributed by atoms with Crippen LogP contribution in [0.3, 0.4) is 0 Å². The molecule has 6 nitrogen and oxygen atoms in total. The standard InChI is InChI=1S/C29H40N4O2/c1-19(2)32(27(35)29-15-20-11-21(16-29)13-22(12-20)17-29)18-26(34)30-25-14-24(28(3,4)5)31-33(25)23-9-7-6-8-10-23/h6-10,14,19-22H,11-13,15-18H2,1-5H3,(H,30,34). The van der Waals surface area contributed by atoms with Crippen LogP contribution in [0.15, 0.2) is 36.4 Å². The Hall–Kier alpha value is -2.63. The van der Waals surface area contributed by atoms with Gasteiger partial charge in [0.2, 0.25) is 11.8 Å². The zero-order chi connectivity index (χ0) is 25.0. The Labute approximate surface area is 209 Å². The molecule has 6 rings (SSSR count). The molecule has 0 saturated heterocycles. The number of benzene rings is 1. The van der Waals surface area contributed by atoms with Crippen LogP contribution in [0, 0.1) is 23.2 Å². The molecule has 4 aliphatic carbocycles. The molecule has 1 aromatic carbocycles. The number of nitrogens with zero attached hydrogens (tertiary/aromatic N) is 3. The monoisotopic (exact) mass is 476 g/mol. The zero-order valence-electron chi connectivity index (χ0n) is 21.9. The van der Waals surface area contributed by atoms with Gasteiger partial charge in [0.1, 0.15) is 12.4 Å².